The highest BCUT2D eigenvalue weighted by Crippen LogP contribution is 2.33. The maximum absolute atomic E-state index is 14.0. The van der Waals surface area contributed by atoms with E-state index in [1.807, 2.05) is 56.3 Å². The number of amides is 1. The minimum absolute atomic E-state index is 0.140. The number of para-hydroxylation sites is 1. The number of aryl methyl sites for hydroxylation is 3. The molecule has 0 radical (unpaired) electrons. The van der Waals surface area contributed by atoms with Crippen molar-refractivity contribution in [1.82, 2.24) is 39.6 Å². The number of benzene rings is 1. The van der Waals surface area contributed by atoms with Crippen LogP contribution in [0.4, 0.5) is 27.8 Å². The van der Waals surface area contributed by atoms with Crippen molar-refractivity contribution in [3.8, 4) is 17.1 Å². The summed E-state index contributed by atoms with van der Waals surface area (Å²) in [4.78, 5) is 35.8. The second-order valence-electron chi connectivity index (χ2n) is 11.7. The van der Waals surface area contributed by atoms with E-state index in [-0.39, 0.29) is 30.4 Å². The lowest BCUT2D eigenvalue weighted by Crippen LogP contribution is -2.33. The monoisotopic (exact) mass is 611 g/mol. The van der Waals surface area contributed by atoms with Crippen molar-refractivity contribution in [2.24, 2.45) is 7.05 Å². The molecule has 4 N–H and O–H groups in total. The molecule has 1 aromatic carbocycles. The van der Waals surface area contributed by atoms with E-state index in [1.165, 1.54) is 6.07 Å². The third kappa shape index (κ3) is 6.41. The van der Waals surface area contributed by atoms with Crippen LogP contribution in [-0.2, 0) is 11.8 Å². The molecule has 45 heavy (non-hydrogen) atoms. The van der Waals surface area contributed by atoms with Gasteiger partial charge in [-0.3, -0.25) is 14.4 Å². The van der Waals surface area contributed by atoms with Crippen LogP contribution in [0.25, 0.3) is 22.2 Å². The van der Waals surface area contributed by atoms with E-state index in [0.717, 1.165) is 46.3 Å². The molecule has 0 bridgehead atoms. The van der Waals surface area contributed by atoms with Crippen LogP contribution in [0, 0.1) is 19.8 Å². The van der Waals surface area contributed by atoms with Crippen LogP contribution in [0.2, 0.25) is 0 Å². The van der Waals surface area contributed by atoms with E-state index in [1.54, 1.807) is 10.9 Å². The Morgan fingerprint density at radius 3 is 2.80 bits per heavy atom. The van der Waals surface area contributed by atoms with Gasteiger partial charge in [0, 0.05) is 61.3 Å². The molecule has 1 saturated heterocycles. The van der Waals surface area contributed by atoms with Gasteiger partial charge in [0.25, 0.3) is 0 Å². The maximum Gasteiger partial charge on any atom is 0.238 e. The molecule has 0 unspecified atom stereocenters. The molecule has 5 heterocycles. The van der Waals surface area contributed by atoms with Crippen molar-refractivity contribution in [2.75, 3.05) is 35.6 Å². The minimum Gasteiger partial charge on any atom is -0.473 e. The van der Waals surface area contributed by atoms with Crippen molar-refractivity contribution in [1.29, 1.82) is 0 Å². The van der Waals surface area contributed by atoms with Gasteiger partial charge in [-0.15, -0.1) is 0 Å². The predicted octanol–water partition coefficient (Wildman–Crippen LogP) is 4.31. The SMILES string of the molecule is Cc1cnc(Nc2cc(C)n(C)n2)nc1-c1c[nH]c2c(NC(=O)CN3CC[C@H](Oc4cc(F)nc(NC5CC5)n4)C3)cccc12. The number of ether oxygens (including phenoxy) is 1. The highest BCUT2D eigenvalue weighted by Gasteiger charge is 2.27. The summed E-state index contributed by atoms with van der Waals surface area (Å²) < 4.78 is 21.8. The third-order valence-corrected chi connectivity index (χ3v) is 8.04. The number of aromatic amines is 1. The Hall–Kier alpha value is -5.11. The normalized spacial score (nSPS) is 16.7. The van der Waals surface area contributed by atoms with E-state index in [2.05, 4.69) is 41.0 Å². The minimum atomic E-state index is -0.634. The molecule has 1 saturated carbocycles. The summed E-state index contributed by atoms with van der Waals surface area (Å²) in [6.45, 7) is 5.35. The largest absolute Gasteiger partial charge is 0.473 e. The van der Waals surface area contributed by atoms with Crippen LogP contribution < -0.4 is 20.7 Å². The number of hydrogen-bond donors (Lipinski definition) is 4. The number of halogens is 1. The molecule has 1 aliphatic carbocycles. The first-order valence-corrected chi connectivity index (χ1v) is 15.0. The number of rotatable bonds is 10. The van der Waals surface area contributed by atoms with Gasteiger partial charge in [0.05, 0.1) is 29.5 Å². The quantitative estimate of drug-likeness (QED) is 0.168. The number of aromatic nitrogens is 7. The molecule has 14 heteroatoms. The molecule has 0 spiro atoms. The molecule has 1 amide bonds. The highest BCUT2D eigenvalue weighted by molar-refractivity contribution is 6.06. The molecule has 2 fully saturated rings. The topological polar surface area (TPSA) is 151 Å². The molecule has 13 nitrogen and oxygen atoms in total. The van der Waals surface area contributed by atoms with Crippen molar-refractivity contribution in [3.05, 3.63) is 59.9 Å². The van der Waals surface area contributed by atoms with E-state index in [9.17, 15) is 9.18 Å². The Bertz CT molecular complexity index is 1860. The number of H-pyrrole nitrogens is 1. The van der Waals surface area contributed by atoms with Gasteiger partial charge >= 0.3 is 0 Å². The molecule has 2 aliphatic rings. The van der Waals surface area contributed by atoms with Crippen molar-refractivity contribution in [3.63, 3.8) is 0 Å². The third-order valence-electron chi connectivity index (χ3n) is 8.04. The number of nitrogens with one attached hydrogen (secondary N) is 4. The summed E-state index contributed by atoms with van der Waals surface area (Å²) in [5.74, 6) is 0.785. The first-order chi connectivity index (χ1) is 21.8. The predicted molar refractivity (Wildman–Crippen MR) is 168 cm³/mol. The first-order valence-electron chi connectivity index (χ1n) is 15.0. The fourth-order valence-corrected chi connectivity index (χ4v) is 5.50. The zero-order chi connectivity index (χ0) is 31.1. The van der Waals surface area contributed by atoms with Crippen LogP contribution in [-0.4, -0.2) is 77.3 Å². The van der Waals surface area contributed by atoms with Crippen molar-refractivity contribution >= 4 is 40.2 Å². The van der Waals surface area contributed by atoms with Crippen LogP contribution >= 0.6 is 0 Å². The van der Waals surface area contributed by atoms with Crippen molar-refractivity contribution in [2.45, 2.75) is 45.3 Å². The van der Waals surface area contributed by atoms with E-state index in [0.29, 0.717) is 43.0 Å². The van der Waals surface area contributed by atoms with Gasteiger partial charge in [-0.25, -0.2) is 9.97 Å². The van der Waals surface area contributed by atoms with Crippen molar-refractivity contribution < 1.29 is 13.9 Å². The van der Waals surface area contributed by atoms with Crippen LogP contribution in [0.3, 0.4) is 0 Å². The van der Waals surface area contributed by atoms with E-state index >= 15 is 0 Å². The zero-order valence-corrected chi connectivity index (χ0v) is 25.3. The Morgan fingerprint density at radius 2 is 2.00 bits per heavy atom. The smallest absolute Gasteiger partial charge is 0.238 e. The zero-order valence-electron chi connectivity index (χ0n) is 25.3. The van der Waals surface area contributed by atoms with Gasteiger partial charge in [-0.1, -0.05) is 12.1 Å². The lowest BCUT2D eigenvalue weighted by Gasteiger charge is -2.17. The van der Waals surface area contributed by atoms with Crippen LogP contribution in [0.15, 0.2) is 42.7 Å². The second-order valence-corrected chi connectivity index (χ2v) is 11.7. The maximum atomic E-state index is 14.0. The van der Waals surface area contributed by atoms with Crippen LogP contribution in [0.5, 0.6) is 5.88 Å². The average molecular weight is 612 g/mol. The Kier molecular flexibility index (Phi) is 7.49. The number of anilines is 4. The van der Waals surface area contributed by atoms with Gasteiger partial charge in [-0.2, -0.15) is 19.5 Å². The number of nitrogens with zero attached hydrogens (tertiary/aromatic N) is 7. The number of hydrogen-bond acceptors (Lipinski definition) is 10. The molecule has 1 atom stereocenters. The summed E-state index contributed by atoms with van der Waals surface area (Å²) >= 11 is 0. The highest BCUT2D eigenvalue weighted by atomic mass is 19.1. The molecule has 7 rings (SSSR count). The van der Waals surface area contributed by atoms with Gasteiger partial charge in [0.2, 0.25) is 29.6 Å². The number of carbonyl (C=O) groups is 1. The molecule has 4 aromatic heterocycles. The fraction of sp³-hybridized carbons (Fsp3) is 0.355. The van der Waals surface area contributed by atoms with E-state index in [4.69, 9.17) is 9.72 Å². The number of likely N-dealkylation sites (tertiary alicyclic amines) is 1. The van der Waals surface area contributed by atoms with Crippen LogP contribution in [0.1, 0.15) is 30.5 Å². The summed E-state index contributed by atoms with van der Waals surface area (Å²) in [5, 5.41) is 14.7. The Balaban J connectivity index is 1.00. The Morgan fingerprint density at radius 1 is 1.13 bits per heavy atom. The average Bonchev–Trinajstić information content (AvgIpc) is 3.37. The molecular weight excluding hydrogens is 577 g/mol. The lowest BCUT2D eigenvalue weighted by molar-refractivity contribution is -0.117. The summed E-state index contributed by atoms with van der Waals surface area (Å²) in [7, 11) is 1.88. The Labute approximate surface area is 258 Å². The summed E-state index contributed by atoms with van der Waals surface area (Å²) in [5.41, 5.74) is 5.09. The van der Waals surface area contributed by atoms with E-state index < -0.39 is 5.95 Å². The summed E-state index contributed by atoms with van der Waals surface area (Å²) in [6.07, 6.45) is 6.24. The van der Waals surface area contributed by atoms with Gasteiger partial charge < -0.3 is 25.7 Å². The number of fused-ring (bicyclic) bond motifs is 1. The summed E-state index contributed by atoms with van der Waals surface area (Å²) in [6, 6.07) is 9.21. The van der Waals surface area contributed by atoms with Gasteiger partial charge in [-0.05, 0) is 44.7 Å². The molecule has 232 valence electrons. The van der Waals surface area contributed by atoms with Gasteiger partial charge in [0.1, 0.15) is 6.10 Å². The fourth-order valence-electron chi connectivity index (χ4n) is 5.50. The number of carbonyl (C=O) groups excluding carboxylic acids is 1. The first kappa shape index (κ1) is 28.6. The molecular formula is C31H34FN11O2. The molecule has 1 aliphatic heterocycles. The lowest BCUT2D eigenvalue weighted by atomic mass is 10.1. The standard InChI is InChI=1S/C31H34FN11O2/c1-17-13-34-30(38-25-11-18(2)42(3)41-25)40-28(17)22-14-33-29-21(22)5-4-6-23(29)36-26(44)16-43-10-9-20(15-43)45-27-12-24(32)37-31(39-27)35-19-7-8-19/h4-6,11-14,19-20,33H,7-10,15-16H2,1-3H3,(H,36,44)(H,35,37,39)(H,34,38,40,41)/t20-/m0/s1. The van der Waals surface area contributed by atoms with Gasteiger partial charge in [0.15, 0.2) is 5.82 Å². The molecule has 5 aromatic rings. The second kappa shape index (κ2) is 11.8.